The zero-order valence-electron chi connectivity index (χ0n) is 10.1. The molecule has 1 rings (SSSR count). The molecule has 0 amide bonds. The Morgan fingerprint density at radius 1 is 1.21 bits per heavy atom. The number of hydrogen-bond donors (Lipinski definition) is 1. The number of aliphatic hydroxyl groups is 1. The predicted octanol–water partition coefficient (Wildman–Crippen LogP) is 3.75. The van der Waals surface area contributed by atoms with E-state index in [1.165, 1.54) is 38.5 Å². The van der Waals surface area contributed by atoms with Crippen molar-refractivity contribution in [3.05, 3.63) is 0 Å². The summed E-state index contributed by atoms with van der Waals surface area (Å²) in [6.45, 7) is 6.73. The molecule has 0 saturated heterocycles. The second-order valence-electron chi connectivity index (χ2n) is 5.48. The van der Waals surface area contributed by atoms with Gasteiger partial charge in [-0.25, -0.2) is 0 Å². The Morgan fingerprint density at radius 2 is 1.79 bits per heavy atom. The minimum absolute atomic E-state index is 0.0715. The minimum atomic E-state index is -0.0715. The molecule has 1 N–H and O–H groups in total. The van der Waals surface area contributed by atoms with Gasteiger partial charge in [0.05, 0.1) is 6.10 Å². The molecule has 1 aliphatic rings. The van der Waals surface area contributed by atoms with E-state index in [1.54, 1.807) is 0 Å². The van der Waals surface area contributed by atoms with Crippen molar-refractivity contribution in [3.63, 3.8) is 0 Å². The van der Waals surface area contributed by atoms with Crippen LogP contribution in [0.4, 0.5) is 0 Å². The fraction of sp³-hybridized carbons (Fsp3) is 1.00. The molecular weight excluding hydrogens is 172 g/mol. The van der Waals surface area contributed by atoms with E-state index in [4.69, 9.17) is 0 Å². The SMILES string of the molecule is CCC(C)CC(O)C1(C)CCCCC1. The standard InChI is InChI=1S/C13H26O/c1-4-11(2)10-12(14)13(3)8-6-5-7-9-13/h11-12,14H,4-10H2,1-3H3. The molecule has 14 heavy (non-hydrogen) atoms. The lowest BCUT2D eigenvalue weighted by atomic mass is 9.70. The van der Waals surface area contributed by atoms with Gasteiger partial charge in [-0.1, -0.05) is 46.5 Å². The molecule has 0 spiro atoms. The van der Waals surface area contributed by atoms with E-state index >= 15 is 0 Å². The highest BCUT2D eigenvalue weighted by molar-refractivity contribution is 4.85. The van der Waals surface area contributed by atoms with Crippen LogP contribution in [0.5, 0.6) is 0 Å². The first-order valence-electron chi connectivity index (χ1n) is 6.26. The summed E-state index contributed by atoms with van der Waals surface area (Å²) < 4.78 is 0. The van der Waals surface area contributed by atoms with Crippen LogP contribution >= 0.6 is 0 Å². The van der Waals surface area contributed by atoms with Crippen LogP contribution in [-0.4, -0.2) is 11.2 Å². The van der Waals surface area contributed by atoms with Crippen LogP contribution in [-0.2, 0) is 0 Å². The summed E-state index contributed by atoms with van der Waals surface area (Å²) in [7, 11) is 0. The van der Waals surface area contributed by atoms with E-state index in [0.717, 1.165) is 6.42 Å². The van der Waals surface area contributed by atoms with E-state index in [-0.39, 0.29) is 11.5 Å². The van der Waals surface area contributed by atoms with E-state index in [1.807, 2.05) is 0 Å². The molecule has 2 atom stereocenters. The monoisotopic (exact) mass is 198 g/mol. The van der Waals surface area contributed by atoms with Gasteiger partial charge >= 0.3 is 0 Å². The average molecular weight is 198 g/mol. The van der Waals surface area contributed by atoms with E-state index < -0.39 is 0 Å². The fourth-order valence-electron chi connectivity index (χ4n) is 2.52. The van der Waals surface area contributed by atoms with Gasteiger partial charge in [-0.15, -0.1) is 0 Å². The van der Waals surface area contributed by atoms with E-state index in [9.17, 15) is 5.11 Å². The van der Waals surface area contributed by atoms with Crippen LogP contribution < -0.4 is 0 Å². The van der Waals surface area contributed by atoms with Gasteiger partial charge in [0, 0.05) is 0 Å². The quantitative estimate of drug-likeness (QED) is 0.729. The van der Waals surface area contributed by atoms with Gasteiger partial charge in [-0.3, -0.25) is 0 Å². The summed E-state index contributed by atoms with van der Waals surface area (Å²) in [5, 5.41) is 10.2. The topological polar surface area (TPSA) is 20.2 Å². The molecule has 1 aliphatic carbocycles. The third-order valence-electron chi connectivity index (χ3n) is 4.12. The van der Waals surface area contributed by atoms with Crippen molar-refractivity contribution in [3.8, 4) is 0 Å². The molecule has 0 aromatic heterocycles. The van der Waals surface area contributed by atoms with Crippen molar-refractivity contribution >= 4 is 0 Å². The molecule has 2 unspecified atom stereocenters. The maximum Gasteiger partial charge on any atom is 0.0596 e. The molecule has 1 saturated carbocycles. The molecule has 1 heteroatoms. The van der Waals surface area contributed by atoms with Crippen molar-refractivity contribution in [2.75, 3.05) is 0 Å². The first-order valence-corrected chi connectivity index (χ1v) is 6.26. The third-order valence-corrected chi connectivity index (χ3v) is 4.12. The summed E-state index contributed by atoms with van der Waals surface area (Å²) in [5.74, 6) is 0.670. The fourth-order valence-corrected chi connectivity index (χ4v) is 2.52. The second kappa shape index (κ2) is 5.16. The maximum atomic E-state index is 10.2. The van der Waals surface area contributed by atoms with Crippen molar-refractivity contribution < 1.29 is 5.11 Å². The van der Waals surface area contributed by atoms with Crippen LogP contribution in [0.25, 0.3) is 0 Å². The average Bonchev–Trinajstić information content (AvgIpc) is 2.18. The zero-order valence-corrected chi connectivity index (χ0v) is 10.1. The smallest absolute Gasteiger partial charge is 0.0596 e. The lowest BCUT2D eigenvalue weighted by Crippen LogP contribution is -2.35. The van der Waals surface area contributed by atoms with Crippen molar-refractivity contribution in [1.29, 1.82) is 0 Å². The highest BCUT2D eigenvalue weighted by Gasteiger charge is 2.34. The largest absolute Gasteiger partial charge is 0.393 e. The molecule has 0 aromatic rings. The number of aliphatic hydroxyl groups excluding tert-OH is 1. The minimum Gasteiger partial charge on any atom is -0.393 e. The Morgan fingerprint density at radius 3 is 2.29 bits per heavy atom. The van der Waals surface area contributed by atoms with E-state index in [0.29, 0.717) is 5.92 Å². The lowest BCUT2D eigenvalue weighted by molar-refractivity contribution is -0.00517. The molecule has 0 aliphatic heterocycles. The highest BCUT2D eigenvalue weighted by atomic mass is 16.3. The summed E-state index contributed by atoms with van der Waals surface area (Å²) in [5.41, 5.74) is 0.224. The van der Waals surface area contributed by atoms with Crippen LogP contribution in [0.1, 0.15) is 65.7 Å². The molecule has 0 bridgehead atoms. The summed E-state index contributed by atoms with van der Waals surface area (Å²) in [4.78, 5) is 0. The lowest BCUT2D eigenvalue weighted by Gasteiger charge is -2.39. The first kappa shape index (κ1) is 12.0. The first-order chi connectivity index (χ1) is 6.58. The van der Waals surface area contributed by atoms with Gasteiger partial charge in [0.2, 0.25) is 0 Å². The molecule has 1 nitrogen and oxygen atoms in total. The molecule has 0 aromatic carbocycles. The van der Waals surface area contributed by atoms with Crippen molar-refractivity contribution in [2.45, 2.75) is 71.8 Å². The van der Waals surface area contributed by atoms with E-state index in [2.05, 4.69) is 20.8 Å². The highest BCUT2D eigenvalue weighted by Crippen LogP contribution is 2.40. The van der Waals surface area contributed by atoms with Crippen LogP contribution in [0.3, 0.4) is 0 Å². The number of rotatable bonds is 4. The van der Waals surface area contributed by atoms with Gasteiger partial charge in [0.25, 0.3) is 0 Å². The summed E-state index contributed by atoms with van der Waals surface area (Å²) in [6.07, 6.45) is 8.56. The zero-order chi connectivity index (χ0) is 10.6. The number of hydrogen-bond acceptors (Lipinski definition) is 1. The Kier molecular flexibility index (Phi) is 4.43. The summed E-state index contributed by atoms with van der Waals surface area (Å²) in [6, 6.07) is 0. The van der Waals surface area contributed by atoms with Gasteiger partial charge in [-0.2, -0.15) is 0 Å². The Balaban J connectivity index is 2.44. The van der Waals surface area contributed by atoms with Crippen molar-refractivity contribution in [2.24, 2.45) is 11.3 Å². The third kappa shape index (κ3) is 2.98. The molecule has 84 valence electrons. The van der Waals surface area contributed by atoms with Gasteiger partial charge in [-0.05, 0) is 30.6 Å². The normalized spacial score (nSPS) is 25.7. The maximum absolute atomic E-state index is 10.2. The van der Waals surface area contributed by atoms with Gasteiger partial charge in [0.15, 0.2) is 0 Å². The molecule has 0 radical (unpaired) electrons. The van der Waals surface area contributed by atoms with Gasteiger partial charge in [0.1, 0.15) is 0 Å². The van der Waals surface area contributed by atoms with Gasteiger partial charge < -0.3 is 5.11 Å². The Hall–Kier alpha value is -0.0400. The second-order valence-corrected chi connectivity index (χ2v) is 5.48. The molecular formula is C13H26O. The Labute approximate surface area is 88.9 Å². The molecule has 0 heterocycles. The molecule has 1 fully saturated rings. The van der Waals surface area contributed by atoms with Crippen LogP contribution in [0, 0.1) is 11.3 Å². The summed E-state index contributed by atoms with van der Waals surface area (Å²) >= 11 is 0. The van der Waals surface area contributed by atoms with Crippen LogP contribution in [0.2, 0.25) is 0 Å². The van der Waals surface area contributed by atoms with Crippen molar-refractivity contribution in [1.82, 2.24) is 0 Å². The predicted molar refractivity (Wildman–Crippen MR) is 61.3 cm³/mol. The van der Waals surface area contributed by atoms with Crippen LogP contribution in [0.15, 0.2) is 0 Å². The Bertz CT molecular complexity index is 159.